The van der Waals surface area contributed by atoms with Gasteiger partial charge in [0.2, 0.25) is 11.8 Å². The zero-order valence-electron chi connectivity index (χ0n) is 14.2. The zero-order valence-corrected chi connectivity index (χ0v) is 14.2. The number of rotatable bonds is 9. The molecule has 140 valence electrons. The molecule has 1 heterocycles. The van der Waals surface area contributed by atoms with E-state index in [0.717, 1.165) is 6.42 Å². The molecule has 0 fully saturated rings. The molecule has 0 bridgehead atoms. The maximum Gasteiger partial charge on any atom is 0.328 e. The van der Waals surface area contributed by atoms with Gasteiger partial charge in [-0.1, -0.05) is 19.0 Å². The Morgan fingerprint density at radius 1 is 1.28 bits per heavy atom. The lowest BCUT2D eigenvalue weighted by Gasteiger charge is -2.19. The third kappa shape index (κ3) is 6.03. The molecule has 3 amide bonds. The van der Waals surface area contributed by atoms with E-state index in [-0.39, 0.29) is 18.2 Å². The van der Waals surface area contributed by atoms with E-state index < -0.39 is 36.1 Å². The van der Waals surface area contributed by atoms with Crippen molar-refractivity contribution in [1.82, 2.24) is 20.8 Å². The molecule has 1 aromatic heterocycles. The number of carbonyl (C=O) groups excluding carboxylic acids is 2. The fourth-order valence-electron chi connectivity index (χ4n) is 1.90. The minimum atomic E-state index is -1.52. The molecule has 4 atom stereocenters. The summed E-state index contributed by atoms with van der Waals surface area (Å²) in [6, 6.07) is -3.47. The number of carboxylic acid groups (broad SMARTS) is 1. The van der Waals surface area contributed by atoms with Crippen LogP contribution in [0.3, 0.4) is 0 Å². The molecule has 11 nitrogen and oxygen atoms in total. The molecule has 1 aromatic rings. The second-order valence-electron chi connectivity index (χ2n) is 5.70. The Kier molecular flexibility index (Phi) is 7.30. The summed E-state index contributed by atoms with van der Waals surface area (Å²) in [6.07, 6.45) is -0.873. The first-order valence-electron chi connectivity index (χ1n) is 7.75. The van der Waals surface area contributed by atoms with Crippen LogP contribution in [0.4, 0.5) is 4.79 Å². The van der Waals surface area contributed by atoms with E-state index in [2.05, 4.69) is 20.8 Å². The summed E-state index contributed by atoms with van der Waals surface area (Å²) >= 11 is 0. The largest absolute Gasteiger partial charge is 0.480 e. The van der Waals surface area contributed by atoms with Gasteiger partial charge in [-0.2, -0.15) is 4.98 Å². The van der Waals surface area contributed by atoms with Crippen molar-refractivity contribution in [2.24, 2.45) is 5.73 Å². The van der Waals surface area contributed by atoms with Crippen LogP contribution < -0.4 is 16.4 Å². The van der Waals surface area contributed by atoms with Gasteiger partial charge < -0.3 is 31.1 Å². The molecule has 11 heteroatoms. The average Bonchev–Trinajstić information content (AvgIpc) is 3.00. The molecule has 6 N–H and O–H groups in total. The Morgan fingerprint density at radius 3 is 2.40 bits per heavy atom. The van der Waals surface area contributed by atoms with E-state index in [1.54, 1.807) is 0 Å². The molecule has 0 aliphatic rings. The fraction of sp³-hybridized carbons (Fsp3) is 0.643. The monoisotopic (exact) mass is 357 g/mol. The van der Waals surface area contributed by atoms with Crippen molar-refractivity contribution in [3.63, 3.8) is 0 Å². The first-order chi connectivity index (χ1) is 11.6. The van der Waals surface area contributed by atoms with Crippen LogP contribution in [0.1, 0.15) is 57.3 Å². The molecule has 0 radical (unpaired) electrons. The summed E-state index contributed by atoms with van der Waals surface area (Å²) in [5.41, 5.74) is 5.16. The molecular formula is C14H23N5O6. The van der Waals surface area contributed by atoms with Crippen molar-refractivity contribution < 1.29 is 29.1 Å². The summed E-state index contributed by atoms with van der Waals surface area (Å²) in [5, 5.41) is 26.6. The lowest BCUT2D eigenvalue weighted by Crippen LogP contribution is -2.52. The minimum Gasteiger partial charge on any atom is -0.480 e. The van der Waals surface area contributed by atoms with Gasteiger partial charge in [-0.15, -0.1) is 0 Å². The van der Waals surface area contributed by atoms with Gasteiger partial charge in [0.15, 0.2) is 11.9 Å². The van der Waals surface area contributed by atoms with E-state index in [0.29, 0.717) is 5.82 Å². The maximum absolute atomic E-state index is 12.0. The molecule has 1 unspecified atom stereocenters. The summed E-state index contributed by atoms with van der Waals surface area (Å²) in [6.45, 7) is 5.05. The molecule has 0 saturated carbocycles. The van der Waals surface area contributed by atoms with Gasteiger partial charge >= 0.3 is 12.0 Å². The van der Waals surface area contributed by atoms with Crippen molar-refractivity contribution in [2.75, 3.05) is 0 Å². The summed E-state index contributed by atoms with van der Waals surface area (Å²) < 4.78 is 5.07. The topological polar surface area (TPSA) is 181 Å². The number of nitrogens with zero attached hydrogens (tertiary/aromatic N) is 2. The highest BCUT2D eigenvalue weighted by molar-refractivity contribution is 5.83. The number of nitrogens with two attached hydrogens (primary N) is 1. The summed E-state index contributed by atoms with van der Waals surface area (Å²) in [5.74, 6) is -1.71. The fourth-order valence-corrected chi connectivity index (χ4v) is 1.90. The number of aromatic nitrogens is 2. The number of urea groups is 1. The number of aliphatic hydroxyl groups excluding tert-OH is 1. The van der Waals surface area contributed by atoms with Gasteiger partial charge in [-0.3, -0.25) is 4.79 Å². The number of hydrogen-bond donors (Lipinski definition) is 5. The van der Waals surface area contributed by atoms with Crippen LogP contribution in [0.25, 0.3) is 0 Å². The number of primary amides is 1. The van der Waals surface area contributed by atoms with Crippen molar-refractivity contribution in [3.8, 4) is 0 Å². The second-order valence-corrected chi connectivity index (χ2v) is 5.70. The first kappa shape index (κ1) is 20.4. The van der Waals surface area contributed by atoms with E-state index >= 15 is 0 Å². The van der Waals surface area contributed by atoms with Crippen molar-refractivity contribution in [3.05, 3.63) is 11.7 Å². The Labute approximate surface area is 144 Å². The molecule has 0 saturated heterocycles. The normalized spacial score (nSPS) is 15.7. The number of nitrogens with one attached hydrogen (secondary N) is 2. The van der Waals surface area contributed by atoms with Gasteiger partial charge in [-0.05, 0) is 13.3 Å². The molecule has 25 heavy (non-hydrogen) atoms. The number of carboxylic acids is 1. The highest BCUT2D eigenvalue weighted by atomic mass is 16.5. The van der Waals surface area contributed by atoms with Gasteiger partial charge in [0, 0.05) is 5.92 Å². The van der Waals surface area contributed by atoms with Crippen molar-refractivity contribution >= 4 is 17.9 Å². The number of aliphatic hydroxyl groups is 1. The van der Waals surface area contributed by atoms with E-state index in [1.807, 2.05) is 13.8 Å². The predicted octanol–water partition coefficient (Wildman–Crippen LogP) is -0.367. The smallest absolute Gasteiger partial charge is 0.328 e. The SMILES string of the molecule is CC[C@H](C)c1noc([C@H](CC(N)=O)NC(=O)N[C@H](C(=O)O)C(C)O)n1. The molecule has 0 aromatic carbocycles. The number of hydrogen-bond acceptors (Lipinski definition) is 7. The van der Waals surface area contributed by atoms with Crippen molar-refractivity contribution in [2.45, 2.75) is 57.7 Å². The van der Waals surface area contributed by atoms with Crippen LogP contribution in [0, 0.1) is 0 Å². The molecule has 0 aliphatic carbocycles. The third-order valence-electron chi connectivity index (χ3n) is 3.55. The van der Waals surface area contributed by atoms with Gasteiger partial charge in [0.1, 0.15) is 6.04 Å². The maximum atomic E-state index is 12.0. The van der Waals surface area contributed by atoms with Crippen LogP contribution in [0.15, 0.2) is 4.52 Å². The molecular weight excluding hydrogens is 334 g/mol. The number of aliphatic carboxylic acids is 1. The molecule has 1 rings (SSSR count). The van der Waals surface area contributed by atoms with Gasteiger partial charge in [0.25, 0.3) is 0 Å². The van der Waals surface area contributed by atoms with Crippen LogP contribution in [-0.4, -0.2) is 50.4 Å². The van der Waals surface area contributed by atoms with E-state index in [9.17, 15) is 19.5 Å². The van der Waals surface area contributed by atoms with Crippen LogP contribution in [0.2, 0.25) is 0 Å². The Morgan fingerprint density at radius 2 is 1.92 bits per heavy atom. The number of amides is 3. The average molecular weight is 357 g/mol. The van der Waals surface area contributed by atoms with Gasteiger partial charge in [-0.25, -0.2) is 9.59 Å². The lowest BCUT2D eigenvalue weighted by molar-refractivity contribution is -0.141. The zero-order chi connectivity index (χ0) is 19.1. The molecule has 0 spiro atoms. The first-order valence-corrected chi connectivity index (χ1v) is 7.75. The predicted molar refractivity (Wildman–Crippen MR) is 84.3 cm³/mol. The van der Waals surface area contributed by atoms with Crippen LogP contribution >= 0.6 is 0 Å². The Balaban J connectivity index is 2.89. The van der Waals surface area contributed by atoms with Gasteiger partial charge in [0.05, 0.1) is 12.5 Å². The highest BCUT2D eigenvalue weighted by Gasteiger charge is 2.28. The summed E-state index contributed by atoms with van der Waals surface area (Å²) in [4.78, 5) is 38.4. The van der Waals surface area contributed by atoms with Crippen molar-refractivity contribution in [1.29, 1.82) is 0 Å². The van der Waals surface area contributed by atoms with E-state index in [1.165, 1.54) is 6.92 Å². The van der Waals surface area contributed by atoms with Crippen LogP contribution in [0.5, 0.6) is 0 Å². The number of carbonyl (C=O) groups is 3. The lowest BCUT2D eigenvalue weighted by atomic mass is 10.1. The van der Waals surface area contributed by atoms with E-state index in [4.69, 9.17) is 15.4 Å². The Bertz CT molecular complexity index is 617. The highest BCUT2D eigenvalue weighted by Crippen LogP contribution is 2.20. The van der Waals surface area contributed by atoms with Crippen LogP contribution in [-0.2, 0) is 9.59 Å². The summed E-state index contributed by atoms with van der Waals surface area (Å²) in [7, 11) is 0. The Hall–Kier alpha value is -2.69. The quantitative estimate of drug-likeness (QED) is 0.397. The molecule has 0 aliphatic heterocycles. The second kappa shape index (κ2) is 8.97. The minimum absolute atomic E-state index is 0.0202. The standard InChI is InChI=1S/C14H23N5O6/c1-4-6(2)11-18-12(25-19-11)8(5-9(15)21)16-14(24)17-10(7(3)20)13(22)23/h6-8,10,20H,4-5H2,1-3H3,(H2,15,21)(H,22,23)(H2,16,17,24)/t6-,7?,8-,10-/m0/s1. The third-order valence-corrected chi connectivity index (χ3v) is 3.55.